The number of hydrogen-bond acceptors (Lipinski definition) is 4. The van der Waals surface area contributed by atoms with E-state index in [1.807, 2.05) is 0 Å². The predicted octanol–water partition coefficient (Wildman–Crippen LogP) is 1.86. The summed E-state index contributed by atoms with van der Waals surface area (Å²) in [6.07, 6.45) is 7.44. The highest BCUT2D eigenvalue weighted by atomic mass is 32.2. The van der Waals surface area contributed by atoms with Crippen LogP contribution in [0.15, 0.2) is 4.99 Å². The fourth-order valence-electron chi connectivity index (χ4n) is 3.97. The second-order valence-electron chi connectivity index (χ2n) is 8.13. The minimum Gasteiger partial charge on any atom is -0.375 e. The van der Waals surface area contributed by atoms with Gasteiger partial charge in [-0.25, -0.2) is 8.42 Å². The SMILES string of the molecule is CCC(C)NC(=NCC1CCS(=O)(=O)C1)NC1CCOC2(CCC2)C1. The molecule has 1 aliphatic carbocycles. The van der Waals surface area contributed by atoms with Crippen LogP contribution in [-0.4, -0.2) is 56.7 Å². The summed E-state index contributed by atoms with van der Waals surface area (Å²) in [7, 11) is -2.84. The maximum atomic E-state index is 11.6. The van der Waals surface area contributed by atoms with Gasteiger partial charge in [0.25, 0.3) is 0 Å². The van der Waals surface area contributed by atoms with Crippen molar-refractivity contribution >= 4 is 15.8 Å². The van der Waals surface area contributed by atoms with Crippen molar-refractivity contribution in [2.24, 2.45) is 10.9 Å². The molecule has 0 bridgehead atoms. The van der Waals surface area contributed by atoms with E-state index in [1.54, 1.807) is 0 Å². The van der Waals surface area contributed by atoms with Crippen LogP contribution < -0.4 is 10.6 Å². The number of sulfone groups is 1. The Morgan fingerprint density at radius 1 is 1.36 bits per heavy atom. The van der Waals surface area contributed by atoms with E-state index < -0.39 is 9.84 Å². The molecule has 1 saturated carbocycles. The second kappa shape index (κ2) is 7.82. The van der Waals surface area contributed by atoms with E-state index in [9.17, 15) is 8.42 Å². The zero-order valence-corrected chi connectivity index (χ0v) is 16.4. The fraction of sp³-hybridized carbons (Fsp3) is 0.944. The van der Waals surface area contributed by atoms with Gasteiger partial charge in [-0.1, -0.05) is 6.92 Å². The summed E-state index contributed by atoms with van der Waals surface area (Å²) in [5.74, 6) is 1.60. The van der Waals surface area contributed by atoms with E-state index >= 15 is 0 Å². The third kappa shape index (κ3) is 5.09. The van der Waals surface area contributed by atoms with E-state index in [2.05, 4.69) is 24.5 Å². The van der Waals surface area contributed by atoms with Crippen molar-refractivity contribution < 1.29 is 13.2 Å². The van der Waals surface area contributed by atoms with Crippen molar-refractivity contribution in [1.29, 1.82) is 0 Å². The maximum absolute atomic E-state index is 11.6. The molecule has 3 atom stereocenters. The molecule has 2 aliphatic heterocycles. The lowest BCUT2D eigenvalue weighted by molar-refractivity contribution is -0.134. The van der Waals surface area contributed by atoms with Crippen LogP contribution in [0.4, 0.5) is 0 Å². The average molecular weight is 372 g/mol. The summed E-state index contributed by atoms with van der Waals surface area (Å²) in [6.45, 7) is 5.69. The Morgan fingerprint density at radius 3 is 2.76 bits per heavy atom. The largest absolute Gasteiger partial charge is 0.375 e. The molecule has 3 fully saturated rings. The summed E-state index contributed by atoms with van der Waals surface area (Å²) in [5.41, 5.74) is 0.108. The molecule has 0 amide bonds. The van der Waals surface area contributed by atoms with E-state index in [0.717, 1.165) is 38.2 Å². The first kappa shape index (κ1) is 19.0. The Bertz CT molecular complexity index is 586. The zero-order valence-electron chi connectivity index (χ0n) is 15.6. The number of hydrogen-bond donors (Lipinski definition) is 2. The van der Waals surface area contributed by atoms with Crippen LogP contribution in [0.25, 0.3) is 0 Å². The van der Waals surface area contributed by atoms with Crippen molar-refractivity contribution in [2.75, 3.05) is 24.7 Å². The molecule has 3 rings (SSSR count). The Morgan fingerprint density at radius 2 is 2.16 bits per heavy atom. The van der Waals surface area contributed by atoms with Gasteiger partial charge in [0.05, 0.1) is 17.1 Å². The molecule has 0 aromatic carbocycles. The van der Waals surface area contributed by atoms with E-state index in [-0.39, 0.29) is 17.3 Å². The molecule has 2 heterocycles. The van der Waals surface area contributed by atoms with Crippen molar-refractivity contribution in [3.05, 3.63) is 0 Å². The van der Waals surface area contributed by atoms with Crippen molar-refractivity contribution in [3.8, 4) is 0 Å². The smallest absolute Gasteiger partial charge is 0.191 e. The lowest BCUT2D eigenvalue weighted by atomic mass is 9.74. The number of nitrogens with one attached hydrogen (secondary N) is 2. The molecule has 25 heavy (non-hydrogen) atoms. The number of aliphatic imine (C=N–C) groups is 1. The summed E-state index contributed by atoms with van der Waals surface area (Å²) in [4.78, 5) is 4.73. The lowest BCUT2D eigenvalue weighted by Crippen LogP contribution is -2.54. The van der Waals surface area contributed by atoms with Crippen LogP contribution in [0.5, 0.6) is 0 Å². The Balaban J connectivity index is 1.59. The number of nitrogens with zero attached hydrogens (tertiary/aromatic N) is 1. The van der Waals surface area contributed by atoms with Crippen molar-refractivity contribution in [2.45, 2.75) is 76.5 Å². The molecule has 3 aliphatic rings. The van der Waals surface area contributed by atoms with Gasteiger partial charge in [-0.15, -0.1) is 0 Å². The Kier molecular flexibility index (Phi) is 5.93. The molecule has 7 heteroatoms. The lowest BCUT2D eigenvalue weighted by Gasteiger charge is -2.47. The standard InChI is InChI=1S/C18H33N3O3S/c1-3-14(2)20-17(19-12-15-6-10-25(22,23)13-15)21-16-5-9-24-18(11-16)7-4-8-18/h14-16H,3-13H2,1-2H3,(H2,19,20,21). The molecule has 1 spiro atoms. The van der Waals surface area contributed by atoms with Gasteiger partial charge in [-0.3, -0.25) is 4.99 Å². The quantitative estimate of drug-likeness (QED) is 0.570. The first-order chi connectivity index (χ1) is 11.9. The van der Waals surface area contributed by atoms with Crippen LogP contribution in [0.1, 0.15) is 58.8 Å². The number of ether oxygens (including phenoxy) is 1. The number of rotatable bonds is 5. The highest BCUT2D eigenvalue weighted by Crippen LogP contribution is 2.42. The van der Waals surface area contributed by atoms with Gasteiger partial charge < -0.3 is 15.4 Å². The van der Waals surface area contributed by atoms with Gasteiger partial charge in [-0.2, -0.15) is 0 Å². The summed E-state index contributed by atoms with van der Waals surface area (Å²) in [6, 6.07) is 0.729. The normalized spacial score (nSPS) is 32.2. The first-order valence-corrected chi connectivity index (χ1v) is 11.6. The highest BCUT2D eigenvalue weighted by Gasteiger charge is 2.42. The van der Waals surface area contributed by atoms with Crippen molar-refractivity contribution in [3.63, 3.8) is 0 Å². The van der Waals surface area contributed by atoms with Gasteiger partial charge in [-0.05, 0) is 57.8 Å². The van der Waals surface area contributed by atoms with E-state index in [1.165, 1.54) is 19.3 Å². The monoisotopic (exact) mass is 371 g/mol. The topological polar surface area (TPSA) is 79.8 Å². The fourth-order valence-corrected chi connectivity index (χ4v) is 5.82. The van der Waals surface area contributed by atoms with Gasteiger partial charge in [0.15, 0.2) is 15.8 Å². The van der Waals surface area contributed by atoms with Gasteiger partial charge in [0.2, 0.25) is 0 Å². The molecule has 144 valence electrons. The number of guanidine groups is 1. The van der Waals surface area contributed by atoms with Crippen LogP contribution in [0, 0.1) is 5.92 Å². The molecule has 0 aromatic heterocycles. The molecule has 3 unspecified atom stereocenters. The third-order valence-corrected chi connectivity index (χ3v) is 7.77. The van der Waals surface area contributed by atoms with Crippen LogP contribution in [0.2, 0.25) is 0 Å². The summed E-state index contributed by atoms with van der Waals surface area (Å²) in [5, 5.41) is 7.07. The van der Waals surface area contributed by atoms with E-state index in [4.69, 9.17) is 9.73 Å². The van der Waals surface area contributed by atoms with E-state index in [0.29, 0.717) is 24.4 Å². The molecule has 0 radical (unpaired) electrons. The summed E-state index contributed by atoms with van der Waals surface area (Å²) < 4.78 is 29.3. The van der Waals surface area contributed by atoms with Crippen LogP contribution >= 0.6 is 0 Å². The minimum absolute atomic E-state index is 0.108. The van der Waals surface area contributed by atoms with Gasteiger partial charge in [0.1, 0.15) is 0 Å². The molecular formula is C18H33N3O3S. The third-order valence-electron chi connectivity index (χ3n) is 5.93. The van der Waals surface area contributed by atoms with Gasteiger partial charge >= 0.3 is 0 Å². The second-order valence-corrected chi connectivity index (χ2v) is 10.4. The van der Waals surface area contributed by atoms with Crippen LogP contribution in [0.3, 0.4) is 0 Å². The summed E-state index contributed by atoms with van der Waals surface area (Å²) >= 11 is 0. The molecule has 6 nitrogen and oxygen atoms in total. The highest BCUT2D eigenvalue weighted by molar-refractivity contribution is 7.91. The Hall–Kier alpha value is -0.820. The molecule has 2 N–H and O–H groups in total. The first-order valence-electron chi connectivity index (χ1n) is 9.82. The zero-order chi connectivity index (χ0) is 17.9. The average Bonchev–Trinajstić information content (AvgIpc) is 2.90. The van der Waals surface area contributed by atoms with Crippen molar-refractivity contribution in [1.82, 2.24) is 10.6 Å². The predicted molar refractivity (Wildman–Crippen MR) is 101 cm³/mol. The molecular weight excluding hydrogens is 338 g/mol. The molecule has 0 aromatic rings. The minimum atomic E-state index is -2.84. The Labute approximate surface area is 152 Å². The molecule has 2 saturated heterocycles. The van der Waals surface area contributed by atoms with Gasteiger partial charge in [0, 0.05) is 25.2 Å². The maximum Gasteiger partial charge on any atom is 0.191 e. The van der Waals surface area contributed by atoms with Crippen LogP contribution in [-0.2, 0) is 14.6 Å².